The summed E-state index contributed by atoms with van der Waals surface area (Å²) in [4.78, 5) is 0. The van der Waals surface area contributed by atoms with Gasteiger partial charge in [0.15, 0.2) is 0 Å². The molecule has 0 spiro atoms. The minimum Gasteiger partial charge on any atom is -0.310 e. The van der Waals surface area contributed by atoms with E-state index in [9.17, 15) is 0 Å². The molecule has 0 atom stereocenters. The lowest BCUT2D eigenvalue weighted by atomic mass is 10.1. The minimum absolute atomic E-state index is 0.364. The highest BCUT2D eigenvalue weighted by Gasteiger charge is 2.19. The molecule has 0 aliphatic carbocycles. The highest BCUT2D eigenvalue weighted by Crippen LogP contribution is 2.29. The number of H-pyrrole nitrogens is 1. The molecule has 110 valence electrons. The van der Waals surface area contributed by atoms with E-state index in [0.29, 0.717) is 12.1 Å². The fraction of sp³-hybridized carbons (Fsp3) is 0.600. The van der Waals surface area contributed by atoms with Crippen molar-refractivity contribution in [2.24, 2.45) is 0 Å². The predicted molar refractivity (Wildman–Crippen MR) is 81.6 cm³/mol. The number of aromatic amines is 1. The zero-order valence-corrected chi connectivity index (χ0v) is 13.3. The van der Waals surface area contributed by atoms with Gasteiger partial charge in [-0.05, 0) is 27.7 Å². The Morgan fingerprint density at radius 1 is 1.25 bits per heavy atom. The number of aryl methyl sites for hydroxylation is 1. The third-order valence-electron chi connectivity index (χ3n) is 3.48. The zero-order chi connectivity index (χ0) is 14.9. The van der Waals surface area contributed by atoms with E-state index in [2.05, 4.69) is 66.8 Å². The molecule has 0 saturated heterocycles. The van der Waals surface area contributed by atoms with Crippen molar-refractivity contribution in [2.75, 3.05) is 0 Å². The summed E-state index contributed by atoms with van der Waals surface area (Å²) >= 11 is 0. The summed E-state index contributed by atoms with van der Waals surface area (Å²) in [5.74, 6) is 0. The van der Waals surface area contributed by atoms with Gasteiger partial charge >= 0.3 is 0 Å². The molecule has 0 fully saturated rings. The third kappa shape index (κ3) is 2.77. The molecule has 0 amide bonds. The Morgan fingerprint density at radius 3 is 2.50 bits per heavy atom. The highest BCUT2D eigenvalue weighted by atomic mass is 15.3. The molecule has 0 unspecified atom stereocenters. The zero-order valence-electron chi connectivity index (χ0n) is 13.3. The predicted octanol–water partition coefficient (Wildman–Crippen LogP) is 2.97. The van der Waals surface area contributed by atoms with E-state index in [1.807, 2.05) is 6.20 Å². The van der Waals surface area contributed by atoms with E-state index in [-0.39, 0.29) is 0 Å². The van der Waals surface area contributed by atoms with E-state index >= 15 is 0 Å². The molecule has 0 aliphatic heterocycles. The van der Waals surface area contributed by atoms with Gasteiger partial charge in [-0.15, -0.1) is 0 Å². The molecule has 2 aromatic rings. The van der Waals surface area contributed by atoms with Crippen LogP contribution in [0.1, 0.15) is 50.7 Å². The van der Waals surface area contributed by atoms with Crippen molar-refractivity contribution in [3.63, 3.8) is 0 Å². The summed E-state index contributed by atoms with van der Waals surface area (Å²) in [6, 6.07) is 0.820. The number of aromatic nitrogens is 4. The lowest BCUT2D eigenvalue weighted by Gasteiger charge is -2.10. The van der Waals surface area contributed by atoms with Gasteiger partial charge in [-0.25, -0.2) is 0 Å². The van der Waals surface area contributed by atoms with Gasteiger partial charge in [0.1, 0.15) is 0 Å². The molecule has 0 aromatic carbocycles. The molecule has 2 rings (SSSR count). The second-order valence-corrected chi connectivity index (χ2v) is 5.89. The molecule has 5 heteroatoms. The molecule has 0 radical (unpaired) electrons. The van der Waals surface area contributed by atoms with Crippen LogP contribution in [0.4, 0.5) is 0 Å². The van der Waals surface area contributed by atoms with Gasteiger partial charge < -0.3 is 5.32 Å². The number of hydrogen-bond acceptors (Lipinski definition) is 3. The number of nitrogens with one attached hydrogen (secondary N) is 2. The Hall–Kier alpha value is -1.62. The van der Waals surface area contributed by atoms with Crippen molar-refractivity contribution >= 4 is 0 Å². The number of rotatable bonds is 5. The molecular weight excluding hydrogens is 250 g/mol. The second-order valence-electron chi connectivity index (χ2n) is 5.89. The van der Waals surface area contributed by atoms with Crippen LogP contribution in [0.5, 0.6) is 0 Å². The summed E-state index contributed by atoms with van der Waals surface area (Å²) < 4.78 is 2.07. The maximum Gasteiger partial charge on any atom is 0.0732 e. The molecule has 2 N–H and O–H groups in total. The van der Waals surface area contributed by atoms with Crippen LogP contribution in [0.3, 0.4) is 0 Å². The van der Waals surface area contributed by atoms with Gasteiger partial charge in [0.2, 0.25) is 0 Å². The van der Waals surface area contributed by atoms with Gasteiger partial charge in [-0.3, -0.25) is 9.78 Å². The Balaban J connectivity index is 2.40. The second kappa shape index (κ2) is 5.79. The third-order valence-corrected chi connectivity index (χ3v) is 3.48. The average Bonchev–Trinajstić information content (AvgIpc) is 2.91. The van der Waals surface area contributed by atoms with Crippen LogP contribution in [-0.4, -0.2) is 26.0 Å². The highest BCUT2D eigenvalue weighted by molar-refractivity contribution is 5.67. The van der Waals surface area contributed by atoms with Crippen LogP contribution in [0.15, 0.2) is 6.20 Å². The van der Waals surface area contributed by atoms with Gasteiger partial charge in [-0.2, -0.15) is 10.2 Å². The smallest absolute Gasteiger partial charge is 0.0732 e. The van der Waals surface area contributed by atoms with E-state index in [1.165, 1.54) is 16.8 Å². The molecule has 2 heterocycles. The van der Waals surface area contributed by atoms with Gasteiger partial charge in [0.25, 0.3) is 0 Å². The quantitative estimate of drug-likeness (QED) is 0.882. The molecular formula is C15H25N5. The van der Waals surface area contributed by atoms with Crippen LogP contribution < -0.4 is 5.32 Å². The molecule has 0 aliphatic rings. The molecule has 2 aromatic heterocycles. The summed E-state index contributed by atoms with van der Waals surface area (Å²) in [5, 5.41) is 15.4. The monoisotopic (exact) mass is 275 g/mol. The molecule has 0 saturated carbocycles. The van der Waals surface area contributed by atoms with Gasteiger partial charge in [0, 0.05) is 35.4 Å². The maximum absolute atomic E-state index is 4.65. The molecule has 20 heavy (non-hydrogen) atoms. The van der Waals surface area contributed by atoms with E-state index < -0.39 is 0 Å². The normalized spacial score (nSPS) is 11.8. The Bertz CT molecular complexity index is 577. The van der Waals surface area contributed by atoms with Crippen molar-refractivity contribution in [3.05, 3.63) is 23.1 Å². The Morgan fingerprint density at radius 2 is 1.95 bits per heavy atom. The Labute approximate surface area is 120 Å². The van der Waals surface area contributed by atoms with E-state index in [4.69, 9.17) is 0 Å². The first-order valence-corrected chi connectivity index (χ1v) is 7.23. The molecule has 0 bridgehead atoms. The van der Waals surface area contributed by atoms with Crippen molar-refractivity contribution in [2.45, 2.75) is 60.2 Å². The van der Waals surface area contributed by atoms with Gasteiger partial charge in [0.05, 0.1) is 17.6 Å². The average molecular weight is 275 g/mol. The SMILES string of the molecule is Cc1nn(C(C)C)c(C)c1-c1[nH]ncc1CNC(C)C. The summed E-state index contributed by atoms with van der Waals surface area (Å²) in [6.45, 7) is 13.6. The Kier molecular flexibility index (Phi) is 4.28. The first kappa shape index (κ1) is 14.8. The summed E-state index contributed by atoms with van der Waals surface area (Å²) in [5.41, 5.74) is 5.68. The van der Waals surface area contributed by atoms with Crippen LogP contribution >= 0.6 is 0 Å². The standard InChI is InChI=1S/C15H25N5/c1-9(2)16-7-13-8-17-18-15(13)14-11(5)19-20(10(3)4)12(14)6/h8-10,16H,7H2,1-6H3,(H,17,18). The topological polar surface area (TPSA) is 58.5 Å². The van der Waals surface area contributed by atoms with Crippen molar-refractivity contribution < 1.29 is 0 Å². The van der Waals surface area contributed by atoms with Gasteiger partial charge in [-0.1, -0.05) is 13.8 Å². The number of hydrogen-bond donors (Lipinski definition) is 2. The minimum atomic E-state index is 0.364. The lowest BCUT2D eigenvalue weighted by Crippen LogP contribution is -2.21. The van der Waals surface area contributed by atoms with Crippen LogP contribution in [0.25, 0.3) is 11.3 Å². The van der Waals surface area contributed by atoms with Crippen molar-refractivity contribution in [1.82, 2.24) is 25.3 Å². The van der Waals surface area contributed by atoms with Crippen LogP contribution in [-0.2, 0) is 6.54 Å². The number of nitrogens with zero attached hydrogens (tertiary/aromatic N) is 3. The van der Waals surface area contributed by atoms with E-state index in [0.717, 1.165) is 17.9 Å². The van der Waals surface area contributed by atoms with Crippen molar-refractivity contribution in [1.29, 1.82) is 0 Å². The summed E-state index contributed by atoms with van der Waals surface area (Å²) in [7, 11) is 0. The van der Waals surface area contributed by atoms with Crippen LogP contribution in [0.2, 0.25) is 0 Å². The fourth-order valence-electron chi connectivity index (χ4n) is 2.50. The van der Waals surface area contributed by atoms with Crippen LogP contribution in [0, 0.1) is 13.8 Å². The first-order valence-electron chi connectivity index (χ1n) is 7.23. The van der Waals surface area contributed by atoms with E-state index in [1.54, 1.807) is 0 Å². The summed E-state index contributed by atoms with van der Waals surface area (Å²) in [6.07, 6.45) is 1.90. The van der Waals surface area contributed by atoms with Crippen molar-refractivity contribution in [3.8, 4) is 11.3 Å². The maximum atomic E-state index is 4.65. The largest absolute Gasteiger partial charge is 0.310 e. The first-order chi connectivity index (χ1) is 9.41. The molecule has 5 nitrogen and oxygen atoms in total. The lowest BCUT2D eigenvalue weighted by molar-refractivity contribution is 0.516. The fourth-order valence-corrected chi connectivity index (χ4v) is 2.50.